The molecule has 0 nitrogen and oxygen atoms in total. The van der Waals surface area contributed by atoms with Crippen molar-refractivity contribution < 1.29 is 13.9 Å². The van der Waals surface area contributed by atoms with Gasteiger partial charge in [-0.25, -0.2) is 0 Å². The first-order valence-electron chi connectivity index (χ1n) is 4.42. The van der Waals surface area contributed by atoms with Crippen LogP contribution >= 0.6 is 0 Å². The van der Waals surface area contributed by atoms with Crippen LogP contribution in [0.4, 0.5) is 0 Å². The second kappa shape index (κ2) is 4.45. The summed E-state index contributed by atoms with van der Waals surface area (Å²) in [4.78, 5) is 0. The van der Waals surface area contributed by atoms with Crippen LogP contribution in [-0.2, 0) is 13.9 Å². The van der Waals surface area contributed by atoms with Gasteiger partial charge in [0.1, 0.15) is 0 Å². The van der Waals surface area contributed by atoms with Crippen molar-refractivity contribution in [3.63, 3.8) is 0 Å². The zero-order valence-corrected chi connectivity index (χ0v) is 9.02. The van der Waals surface area contributed by atoms with E-state index in [1.807, 2.05) is 0 Å². The SMILES string of the molecule is [CH3][Cu]([c]1ccccc1)[c]1ccccc1. The predicted molar refractivity (Wildman–Crippen MR) is 58.0 cm³/mol. The van der Waals surface area contributed by atoms with Crippen LogP contribution < -0.4 is 8.92 Å². The number of hydrogen-bond acceptors (Lipinski definition) is 0. The second-order valence-electron chi connectivity index (χ2n) is 2.88. The van der Waals surface area contributed by atoms with E-state index in [2.05, 4.69) is 66.5 Å². The standard InChI is InChI=1S/2C6H5.CH3.Cu/c2*1-2-4-6-5-3-1;;/h2*1-5H;1H3;. The molecule has 2 aromatic rings. The van der Waals surface area contributed by atoms with Crippen molar-refractivity contribution in [3.05, 3.63) is 60.7 Å². The molecule has 0 aliphatic carbocycles. The molecule has 14 heavy (non-hydrogen) atoms. The van der Waals surface area contributed by atoms with Crippen molar-refractivity contribution in [3.8, 4) is 0 Å². The zero-order valence-electron chi connectivity index (χ0n) is 8.08. The summed E-state index contributed by atoms with van der Waals surface area (Å²) in [5.41, 5.74) is 0. The van der Waals surface area contributed by atoms with Crippen LogP contribution in [-0.4, -0.2) is 0 Å². The summed E-state index contributed by atoms with van der Waals surface area (Å²) in [5.74, 6) is 2.26. The summed E-state index contributed by atoms with van der Waals surface area (Å²) in [6, 6.07) is 21.3. The normalized spacial score (nSPS) is 11.1. The van der Waals surface area contributed by atoms with Crippen LogP contribution in [0.2, 0.25) is 5.82 Å². The molecule has 1 heteroatoms. The first-order chi connectivity index (χ1) is 6.88. The Morgan fingerprint density at radius 3 is 1.36 bits per heavy atom. The van der Waals surface area contributed by atoms with Gasteiger partial charge in [0.15, 0.2) is 0 Å². The molecule has 76 valence electrons. The van der Waals surface area contributed by atoms with Gasteiger partial charge in [-0.15, -0.1) is 0 Å². The molecule has 0 spiro atoms. The summed E-state index contributed by atoms with van der Waals surface area (Å²) in [7, 11) is 0. The molecule has 0 fully saturated rings. The summed E-state index contributed by atoms with van der Waals surface area (Å²) < 4.78 is 2.79. The molecule has 0 saturated heterocycles. The van der Waals surface area contributed by atoms with Crippen LogP contribution in [0, 0.1) is 0 Å². The molecule has 0 N–H and O–H groups in total. The molecule has 0 aliphatic rings. The molecule has 0 amide bonds. The molecule has 0 heterocycles. The van der Waals surface area contributed by atoms with E-state index in [0.29, 0.717) is 0 Å². The molecular weight excluding hydrogens is 220 g/mol. The molecule has 2 rings (SSSR count). The van der Waals surface area contributed by atoms with E-state index < -0.39 is 0 Å². The Morgan fingerprint density at radius 2 is 1.00 bits per heavy atom. The van der Waals surface area contributed by atoms with Gasteiger partial charge in [0.25, 0.3) is 0 Å². The molecule has 0 bridgehead atoms. The van der Waals surface area contributed by atoms with Crippen molar-refractivity contribution in [1.29, 1.82) is 0 Å². The van der Waals surface area contributed by atoms with Gasteiger partial charge in [-0.3, -0.25) is 0 Å². The van der Waals surface area contributed by atoms with E-state index in [1.165, 1.54) is 8.92 Å². The van der Waals surface area contributed by atoms with Crippen LogP contribution in [0.25, 0.3) is 0 Å². The average Bonchev–Trinajstić information content (AvgIpc) is 2.30. The number of rotatable bonds is 2. The molecule has 2 aromatic carbocycles. The topological polar surface area (TPSA) is 0 Å². The molecule has 0 aromatic heterocycles. The van der Waals surface area contributed by atoms with Crippen LogP contribution in [0.3, 0.4) is 0 Å². The van der Waals surface area contributed by atoms with Gasteiger partial charge in [0.2, 0.25) is 0 Å². The Bertz CT molecular complexity index is 341. The number of benzene rings is 2. The van der Waals surface area contributed by atoms with Gasteiger partial charge < -0.3 is 0 Å². The van der Waals surface area contributed by atoms with Gasteiger partial charge in [0.05, 0.1) is 0 Å². The van der Waals surface area contributed by atoms with Gasteiger partial charge in [-0.1, -0.05) is 0 Å². The summed E-state index contributed by atoms with van der Waals surface area (Å²) in [5, 5.41) is 0. The third-order valence-electron chi connectivity index (χ3n) is 1.94. The van der Waals surface area contributed by atoms with E-state index in [4.69, 9.17) is 0 Å². The molecule has 0 radical (unpaired) electrons. The van der Waals surface area contributed by atoms with Crippen molar-refractivity contribution >= 4 is 8.92 Å². The third-order valence-corrected chi connectivity index (χ3v) is 4.20. The fraction of sp³-hybridized carbons (Fsp3) is 0.0769. The molecule has 0 atom stereocenters. The van der Waals surface area contributed by atoms with Gasteiger partial charge in [-0.2, -0.15) is 0 Å². The molecule has 0 aliphatic heterocycles. The van der Waals surface area contributed by atoms with Crippen LogP contribution in [0.15, 0.2) is 60.7 Å². The van der Waals surface area contributed by atoms with Crippen LogP contribution in [0.1, 0.15) is 0 Å². The Hall–Kier alpha value is -1.04. The van der Waals surface area contributed by atoms with E-state index in [-0.39, 0.29) is 13.9 Å². The van der Waals surface area contributed by atoms with E-state index in [1.54, 1.807) is 0 Å². The monoisotopic (exact) mass is 232 g/mol. The second-order valence-corrected chi connectivity index (χ2v) is 5.14. The van der Waals surface area contributed by atoms with Crippen LogP contribution in [0.5, 0.6) is 0 Å². The summed E-state index contributed by atoms with van der Waals surface area (Å²) >= 11 is 0.273. The first-order valence-corrected chi connectivity index (χ1v) is 6.31. The number of hydrogen-bond donors (Lipinski definition) is 0. The Morgan fingerprint density at radius 1 is 0.643 bits per heavy atom. The fourth-order valence-electron chi connectivity index (χ4n) is 1.20. The summed E-state index contributed by atoms with van der Waals surface area (Å²) in [6.45, 7) is 0. The predicted octanol–water partition coefficient (Wildman–Crippen LogP) is 2.30. The molecule has 0 saturated carbocycles. The summed E-state index contributed by atoms with van der Waals surface area (Å²) in [6.07, 6.45) is 0. The molecule has 0 unspecified atom stereocenters. The van der Waals surface area contributed by atoms with Crippen molar-refractivity contribution in [2.45, 2.75) is 5.82 Å². The maximum atomic E-state index is 2.26. The Balaban J connectivity index is 2.30. The average molecular weight is 233 g/mol. The minimum atomic E-state index is 0.273. The van der Waals surface area contributed by atoms with E-state index in [9.17, 15) is 0 Å². The van der Waals surface area contributed by atoms with Crippen molar-refractivity contribution in [2.24, 2.45) is 0 Å². The quantitative estimate of drug-likeness (QED) is 0.698. The minimum absolute atomic E-state index is 0.273. The van der Waals surface area contributed by atoms with Crippen molar-refractivity contribution in [1.82, 2.24) is 0 Å². The fourth-order valence-corrected chi connectivity index (χ4v) is 2.82. The van der Waals surface area contributed by atoms with Crippen molar-refractivity contribution in [2.75, 3.05) is 0 Å². The zero-order chi connectivity index (χ0) is 9.80. The van der Waals surface area contributed by atoms with Gasteiger partial charge >= 0.3 is 89.3 Å². The van der Waals surface area contributed by atoms with E-state index >= 15 is 0 Å². The Kier molecular flexibility index (Phi) is 3.03. The van der Waals surface area contributed by atoms with E-state index in [0.717, 1.165) is 0 Å². The van der Waals surface area contributed by atoms with Gasteiger partial charge in [0, 0.05) is 0 Å². The Labute approximate surface area is 89.5 Å². The van der Waals surface area contributed by atoms with Gasteiger partial charge in [-0.05, 0) is 0 Å². The third kappa shape index (κ3) is 2.06. The maximum absolute atomic E-state index is 2.26. The molecular formula is C13H13Cu. The first kappa shape index (κ1) is 9.51.